The Bertz CT molecular complexity index is 797. The largest absolute Gasteiger partial charge is 0.495 e. The van der Waals surface area contributed by atoms with Crippen molar-refractivity contribution in [2.45, 2.75) is 51.0 Å². The van der Waals surface area contributed by atoms with E-state index in [1.807, 2.05) is 9.80 Å². The normalized spacial score (nSPS) is 22.4. The first-order valence-electron chi connectivity index (χ1n) is 10.6. The third-order valence-electron chi connectivity index (χ3n) is 6.39. The van der Waals surface area contributed by atoms with Crippen molar-refractivity contribution in [3.05, 3.63) is 23.8 Å². The Balaban J connectivity index is 1.46. The fourth-order valence-corrected chi connectivity index (χ4v) is 4.75. The van der Waals surface area contributed by atoms with Crippen molar-refractivity contribution < 1.29 is 19.1 Å². The Kier molecular flexibility index (Phi) is 5.74. The van der Waals surface area contributed by atoms with Gasteiger partial charge in [0.1, 0.15) is 5.75 Å². The molecule has 3 amide bonds. The fraction of sp³-hybridized carbons (Fsp3) is 0.591. The van der Waals surface area contributed by atoms with Crippen molar-refractivity contribution in [2.24, 2.45) is 5.92 Å². The molecule has 0 radical (unpaired) electrons. The molecule has 1 unspecified atom stereocenters. The molecular weight excluding hydrogens is 370 g/mol. The molecule has 3 aliphatic rings. The number of carbonyl (C=O) groups is 3. The van der Waals surface area contributed by atoms with E-state index in [4.69, 9.17) is 4.74 Å². The minimum atomic E-state index is -0.370. The molecule has 1 aliphatic carbocycles. The van der Waals surface area contributed by atoms with Crippen LogP contribution in [0, 0.1) is 5.92 Å². The molecule has 2 aliphatic heterocycles. The molecule has 1 saturated carbocycles. The highest BCUT2D eigenvalue weighted by molar-refractivity contribution is 6.00. The molecule has 0 aromatic heterocycles. The molecule has 0 bridgehead atoms. The van der Waals surface area contributed by atoms with Gasteiger partial charge in [0.15, 0.2) is 0 Å². The molecule has 2 saturated heterocycles. The summed E-state index contributed by atoms with van der Waals surface area (Å²) in [4.78, 5) is 41.7. The molecule has 3 fully saturated rings. The predicted molar refractivity (Wildman–Crippen MR) is 109 cm³/mol. The van der Waals surface area contributed by atoms with Crippen LogP contribution in [0.5, 0.6) is 5.75 Å². The highest BCUT2D eigenvalue weighted by Crippen LogP contribution is 2.31. The number of hydrogen-bond donors (Lipinski definition) is 1. The summed E-state index contributed by atoms with van der Waals surface area (Å²) in [6.07, 6.45) is 6.68. The number of anilines is 1. The number of rotatable bonds is 5. The van der Waals surface area contributed by atoms with Crippen LogP contribution < -0.4 is 10.1 Å². The van der Waals surface area contributed by atoms with Crippen molar-refractivity contribution in [3.63, 3.8) is 0 Å². The molecule has 7 heteroatoms. The Labute approximate surface area is 171 Å². The van der Waals surface area contributed by atoms with Gasteiger partial charge in [-0.3, -0.25) is 14.4 Å². The molecule has 7 nitrogen and oxygen atoms in total. The summed E-state index contributed by atoms with van der Waals surface area (Å²) in [5, 5.41) is 2.91. The maximum atomic E-state index is 12.9. The van der Waals surface area contributed by atoms with E-state index >= 15 is 0 Å². The highest BCUT2D eigenvalue weighted by atomic mass is 16.5. The summed E-state index contributed by atoms with van der Waals surface area (Å²) in [5.41, 5.74) is 1.02. The van der Waals surface area contributed by atoms with Gasteiger partial charge in [-0.25, -0.2) is 0 Å². The zero-order chi connectivity index (χ0) is 20.4. The lowest BCUT2D eigenvalue weighted by Gasteiger charge is -2.24. The van der Waals surface area contributed by atoms with Gasteiger partial charge >= 0.3 is 0 Å². The van der Waals surface area contributed by atoms with E-state index < -0.39 is 0 Å². The maximum Gasteiger partial charge on any atom is 0.253 e. The molecule has 2 heterocycles. The van der Waals surface area contributed by atoms with Gasteiger partial charge in [0.25, 0.3) is 5.91 Å². The van der Waals surface area contributed by atoms with Gasteiger partial charge in [-0.05, 0) is 43.9 Å². The number of nitrogens with one attached hydrogen (secondary N) is 1. The number of likely N-dealkylation sites (tertiary alicyclic amines) is 2. The Morgan fingerprint density at radius 3 is 2.52 bits per heavy atom. The topological polar surface area (TPSA) is 79.0 Å². The van der Waals surface area contributed by atoms with Crippen LogP contribution in [0.25, 0.3) is 0 Å². The monoisotopic (exact) mass is 399 g/mol. The SMILES string of the molecule is COc1ccc(C(=O)N2CCCC2)cc1NC(=O)C1CC(=O)N(C2CCCC2)C1. The first-order valence-corrected chi connectivity index (χ1v) is 10.6. The van der Waals surface area contributed by atoms with Crippen LogP contribution in [-0.2, 0) is 9.59 Å². The maximum absolute atomic E-state index is 12.9. The average molecular weight is 399 g/mol. The molecule has 1 aromatic rings. The second-order valence-electron chi connectivity index (χ2n) is 8.29. The number of benzene rings is 1. The molecule has 1 atom stereocenters. The first kappa shape index (κ1) is 19.7. The van der Waals surface area contributed by atoms with Gasteiger partial charge in [0.05, 0.1) is 18.7 Å². The minimum Gasteiger partial charge on any atom is -0.495 e. The van der Waals surface area contributed by atoms with Crippen LogP contribution in [0.15, 0.2) is 18.2 Å². The quantitative estimate of drug-likeness (QED) is 0.826. The molecule has 29 heavy (non-hydrogen) atoms. The zero-order valence-electron chi connectivity index (χ0n) is 17.0. The van der Waals surface area contributed by atoms with Gasteiger partial charge in [0, 0.05) is 37.7 Å². The highest BCUT2D eigenvalue weighted by Gasteiger charge is 2.38. The second-order valence-corrected chi connectivity index (χ2v) is 8.29. The first-order chi connectivity index (χ1) is 14.1. The van der Waals surface area contributed by atoms with E-state index in [0.717, 1.165) is 51.6 Å². The van der Waals surface area contributed by atoms with E-state index in [1.54, 1.807) is 18.2 Å². The number of methoxy groups -OCH3 is 1. The second kappa shape index (κ2) is 8.43. The average Bonchev–Trinajstić information content (AvgIpc) is 3.48. The number of carbonyl (C=O) groups excluding carboxylic acids is 3. The number of hydrogen-bond acceptors (Lipinski definition) is 4. The van der Waals surface area contributed by atoms with Crippen LogP contribution in [0.3, 0.4) is 0 Å². The van der Waals surface area contributed by atoms with Crippen LogP contribution in [-0.4, -0.2) is 60.3 Å². The van der Waals surface area contributed by atoms with Gasteiger partial charge in [-0.1, -0.05) is 12.8 Å². The van der Waals surface area contributed by atoms with E-state index in [0.29, 0.717) is 23.5 Å². The van der Waals surface area contributed by atoms with Crippen LogP contribution in [0.1, 0.15) is 55.3 Å². The Hall–Kier alpha value is -2.57. The predicted octanol–water partition coefficient (Wildman–Crippen LogP) is 2.66. The van der Waals surface area contributed by atoms with Crippen LogP contribution >= 0.6 is 0 Å². The lowest BCUT2D eigenvalue weighted by atomic mass is 10.1. The van der Waals surface area contributed by atoms with E-state index in [2.05, 4.69) is 5.32 Å². The Morgan fingerprint density at radius 2 is 1.83 bits per heavy atom. The van der Waals surface area contributed by atoms with Gasteiger partial charge in [-0.15, -0.1) is 0 Å². The minimum absolute atomic E-state index is 0.0240. The summed E-state index contributed by atoms with van der Waals surface area (Å²) in [7, 11) is 1.54. The number of nitrogens with zero attached hydrogens (tertiary/aromatic N) is 2. The smallest absolute Gasteiger partial charge is 0.253 e. The van der Waals surface area contributed by atoms with E-state index in [-0.39, 0.29) is 36.1 Å². The van der Waals surface area contributed by atoms with Crippen molar-refractivity contribution in [2.75, 3.05) is 32.1 Å². The Morgan fingerprint density at radius 1 is 1.10 bits per heavy atom. The molecule has 1 aromatic carbocycles. The van der Waals surface area contributed by atoms with Gasteiger partial charge in [-0.2, -0.15) is 0 Å². The number of amides is 3. The molecule has 0 spiro atoms. The fourth-order valence-electron chi connectivity index (χ4n) is 4.75. The standard InChI is InChI=1S/C22H29N3O4/c1-29-19-9-8-15(22(28)24-10-4-5-11-24)12-18(19)23-21(27)16-13-20(26)25(14-16)17-6-2-3-7-17/h8-9,12,16-17H,2-7,10-11,13-14H2,1H3,(H,23,27). The third-order valence-corrected chi connectivity index (χ3v) is 6.39. The summed E-state index contributed by atoms with van der Waals surface area (Å²) in [5.74, 6) is -0.00644. The van der Waals surface area contributed by atoms with Crippen molar-refractivity contribution in [1.29, 1.82) is 0 Å². The number of ether oxygens (including phenoxy) is 1. The lowest BCUT2D eigenvalue weighted by Crippen LogP contribution is -2.35. The third kappa shape index (κ3) is 4.09. The summed E-state index contributed by atoms with van der Waals surface area (Å²) < 4.78 is 5.38. The van der Waals surface area contributed by atoms with Crippen molar-refractivity contribution >= 4 is 23.4 Å². The van der Waals surface area contributed by atoms with E-state index in [9.17, 15) is 14.4 Å². The summed E-state index contributed by atoms with van der Waals surface area (Å²) in [6, 6.07) is 5.42. The van der Waals surface area contributed by atoms with Gasteiger partial charge in [0.2, 0.25) is 11.8 Å². The molecular formula is C22H29N3O4. The molecule has 1 N–H and O–H groups in total. The van der Waals surface area contributed by atoms with Gasteiger partial charge < -0.3 is 19.9 Å². The van der Waals surface area contributed by atoms with Crippen molar-refractivity contribution in [3.8, 4) is 5.75 Å². The lowest BCUT2D eigenvalue weighted by molar-refractivity contribution is -0.129. The molecule has 4 rings (SSSR count). The zero-order valence-corrected chi connectivity index (χ0v) is 17.0. The van der Waals surface area contributed by atoms with E-state index in [1.165, 1.54) is 7.11 Å². The van der Waals surface area contributed by atoms with Crippen LogP contribution in [0.4, 0.5) is 5.69 Å². The summed E-state index contributed by atoms with van der Waals surface area (Å²) in [6.45, 7) is 2.02. The van der Waals surface area contributed by atoms with Crippen molar-refractivity contribution in [1.82, 2.24) is 9.80 Å². The summed E-state index contributed by atoms with van der Waals surface area (Å²) >= 11 is 0. The molecule has 156 valence electrons. The van der Waals surface area contributed by atoms with Crippen LogP contribution in [0.2, 0.25) is 0 Å².